The molecule has 0 atom stereocenters. The minimum atomic E-state index is -0.171. The predicted octanol–water partition coefficient (Wildman–Crippen LogP) is 6.07. The van der Waals surface area contributed by atoms with Crippen molar-refractivity contribution in [3.63, 3.8) is 0 Å². The molecule has 1 fully saturated rings. The topological polar surface area (TPSA) is 40.5 Å². The first kappa shape index (κ1) is 25.1. The van der Waals surface area contributed by atoms with E-state index in [2.05, 4.69) is 73.9 Å². The molecular formula is C31H38O2. The summed E-state index contributed by atoms with van der Waals surface area (Å²) in [5.41, 5.74) is 5.71. The second-order valence-corrected chi connectivity index (χ2v) is 9.34. The quantitative estimate of drug-likeness (QED) is 0.511. The molecule has 0 amide bonds. The molecule has 0 bridgehead atoms. The van der Waals surface area contributed by atoms with Crippen LogP contribution in [0.3, 0.4) is 0 Å². The number of hydrogen-bond donors (Lipinski definition) is 2. The lowest BCUT2D eigenvalue weighted by Gasteiger charge is -2.28. The molecule has 33 heavy (non-hydrogen) atoms. The predicted molar refractivity (Wildman–Crippen MR) is 137 cm³/mol. The third-order valence-corrected chi connectivity index (χ3v) is 6.89. The van der Waals surface area contributed by atoms with E-state index in [0.717, 1.165) is 29.0 Å². The molecule has 2 aromatic rings. The van der Waals surface area contributed by atoms with Gasteiger partial charge in [0.05, 0.1) is 0 Å². The Morgan fingerprint density at radius 3 is 2.18 bits per heavy atom. The molecule has 174 valence electrons. The number of aliphatic hydroxyl groups excluding tert-OH is 2. The molecule has 1 aliphatic carbocycles. The van der Waals surface area contributed by atoms with Crippen LogP contribution in [-0.4, -0.2) is 23.4 Å². The van der Waals surface area contributed by atoms with Crippen molar-refractivity contribution in [2.24, 2.45) is 11.8 Å². The lowest BCUT2D eigenvalue weighted by Crippen LogP contribution is -2.13. The summed E-state index contributed by atoms with van der Waals surface area (Å²) >= 11 is 0. The van der Waals surface area contributed by atoms with Crippen molar-refractivity contribution in [2.45, 2.75) is 71.1 Å². The fourth-order valence-electron chi connectivity index (χ4n) is 4.74. The number of aryl methyl sites for hydroxylation is 1. The van der Waals surface area contributed by atoms with E-state index in [-0.39, 0.29) is 19.1 Å². The zero-order valence-corrected chi connectivity index (χ0v) is 20.2. The Hall–Kier alpha value is -2.52. The molecule has 0 unspecified atom stereocenters. The van der Waals surface area contributed by atoms with Gasteiger partial charge in [0.25, 0.3) is 0 Å². The SMILES string of the molecule is CCCC1CCC(c2ccc(C#Cc3ccc(C#CCC(CO)CO)cc3CC)cc2)CC1. The maximum Gasteiger partial charge on any atom is 0.0490 e. The van der Waals surface area contributed by atoms with Crippen LogP contribution >= 0.6 is 0 Å². The lowest BCUT2D eigenvalue weighted by atomic mass is 9.77. The smallest absolute Gasteiger partial charge is 0.0490 e. The van der Waals surface area contributed by atoms with Crippen molar-refractivity contribution in [1.82, 2.24) is 0 Å². The molecule has 2 heteroatoms. The van der Waals surface area contributed by atoms with Gasteiger partial charge in [0, 0.05) is 42.2 Å². The van der Waals surface area contributed by atoms with Gasteiger partial charge >= 0.3 is 0 Å². The van der Waals surface area contributed by atoms with E-state index in [9.17, 15) is 0 Å². The Morgan fingerprint density at radius 2 is 1.55 bits per heavy atom. The molecule has 1 saturated carbocycles. The standard InChI is InChI=1S/C31H38O2/c1-3-6-24-9-16-30(17-10-24)31-18-12-25(13-19-31)11-15-29-20-14-26(21-28(29)4-2)7-5-8-27(22-32)23-33/h12-14,18-21,24,27,30,32-33H,3-4,6,8-10,16-17,22-23H2,1-2H3. The van der Waals surface area contributed by atoms with Crippen molar-refractivity contribution < 1.29 is 10.2 Å². The molecule has 2 N–H and O–H groups in total. The summed E-state index contributed by atoms with van der Waals surface area (Å²) in [6, 6.07) is 15.0. The molecule has 1 aliphatic rings. The molecular weight excluding hydrogens is 404 g/mol. The lowest BCUT2D eigenvalue weighted by molar-refractivity contribution is 0.153. The first-order chi connectivity index (χ1) is 16.2. The number of benzene rings is 2. The highest BCUT2D eigenvalue weighted by atomic mass is 16.3. The van der Waals surface area contributed by atoms with Crippen LogP contribution in [-0.2, 0) is 6.42 Å². The molecule has 2 nitrogen and oxygen atoms in total. The van der Waals surface area contributed by atoms with E-state index in [1.807, 2.05) is 6.07 Å². The molecule has 0 aliphatic heterocycles. The number of aliphatic hydroxyl groups is 2. The zero-order valence-electron chi connectivity index (χ0n) is 20.2. The molecule has 0 spiro atoms. The summed E-state index contributed by atoms with van der Waals surface area (Å²) in [6.07, 6.45) is 9.50. The van der Waals surface area contributed by atoms with E-state index in [1.54, 1.807) is 0 Å². The highest BCUT2D eigenvalue weighted by molar-refractivity contribution is 5.50. The minimum Gasteiger partial charge on any atom is -0.396 e. The van der Waals surface area contributed by atoms with Crippen molar-refractivity contribution in [3.8, 4) is 23.7 Å². The zero-order chi connectivity index (χ0) is 23.5. The van der Waals surface area contributed by atoms with Crippen molar-refractivity contribution in [3.05, 3.63) is 70.3 Å². The van der Waals surface area contributed by atoms with Crippen LogP contribution in [0.2, 0.25) is 0 Å². The monoisotopic (exact) mass is 442 g/mol. The van der Waals surface area contributed by atoms with Gasteiger partial charge in [-0.1, -0.05) is 62.5 Å². The summed E-state index contributed by atoms with van der Waals surface area (Å²) in [5.74, 6) is 14.4. The second-order valence-electron chi connectivity index (χ2n) is 9.34. The third kappa shape index (κ3) is 7.50. The van der Waals surface area contributed by atoms with E-state index < -0.39 is 0 Å². The Kier molecular flexibility index (Phi) is 10.1. The first-order valence-electron chi connectivity index (χ1n) is 12.6. The Bertz CT molecular complexity index is 985. The maximum atomic E-state index is 9.16. The fraction of sp³-hybridized carbons (Fsp3) is 0.484. The van der Waals surface area contributed by atoms with Gasteiger partial charge < -0.3 is 10.2 Å². The van der Waals surface area contributed by atoms with Gasteiger partial charge in [0.1, 0.15) is 0 Å². The van der Waals surface area contributed by atoms with Crippen LogP contribution in [0, 0.1) is 35.5 Å². The Morgan fingerprint density at radius 1 is 0.848 bits per heavy atom. The van der Waals surface area contributed by atoms with Gasteiger partial charge in [0.15, 0.2) is 0 Å². The summed E-state index contributed by atoms with van der Waals surface area (Å²) < 4.78 is 0. The molecule has 0 heterocycles. The van der Waals surface area contributed by atoms with Gasteiger partial charge in [-0.2, -0.15) is 0 Å². The summed E-state index contributed by atoms with van der Waals surface area (Å²) in [7, 11) is 0. The number of hydrogen-bond acceptors (Lipinski definition) is 2. The highest BCUT2D eigenvalue weighted by Gasteiger charge is 2.21. The van der Waals surface area contributed by atoms with Crippen molar-refractivity contribution in [2.75, 3.05) is 13.2 Å². The van der Waals surface area contributed by atoms with Crippen molar-refractivity contribution in [1.29, 1.82) is 0 Å². The van der Waals surface area contributed by atoms with E-state index in [1.165, 1.54) is 49.7 Å². The molecule has 0 radical (unpaired) electrons. The second kappa shape index (κ2) is 13.3. The molecule has 3 rings (SSSR count). The number of rotatable bonds is 7. The van der Waals surface area contributed by atoms with Crippen LogP contribution < -0.4 is 0 Å². The Balaban J connectivity index is 1.64. The van der Waals surface area contributed by atoms with Crippen LogP contribution in [0.4, 0.5) is 0 Å². The van der Waals surface area contributed by atoms with Gasteiger partial charge in [0.2, 0.25) is 0 Å². The summed E-state index contributed by atoms with van der Waals surface area (Å²) in [4.78, 5) is 0. The normalized spacial score (nSPS) is 17.7. The average Bonchev–Trinajstić information content (AvgIpc) is 2.86. The molecule has 0 saturated heterocycles. The van der Waals surface area contributed by atoms with E-state index >= 15 is 0 Å². The summed E-state index contributed by atoms with van der Waals surface area (Å²) in [6.45, 7) is 4.35. The highest BCUT2D eigenvalue weighted by Crippen LogP contribution is 2.37. The molecule has 0 aromatic heterocycles. The van der Waals surface area contributed by atoms with Crippen molar-refractivity contribution >= 4 is 0 Å². The van der Waals surface area contributed by atoms with E-state index in [4.69, 9.17) is 10.2 Å². The van der Waals surface area contributed by atoms with Crippen LogP contribution in [0.15, 0.2) is 42.5 Å². The fourth-order valence-corrected chi connectivity index (χ4v) is 4.74. The van der Waals surface area contributed by atoms with Crippen LogP contribution in [0.1, 0.15) is 92.5 Å². The van der Waals surface area contributed by atoms with Crippen LogP contribution in [0.5, 0.6) is 0 Å². The van der Waals surface area contributed by atoms with E-state index in [0.29, 0.717) is 12.3 Å². The first-order valence-corrected chi connectivity index (χ1v) is 12.6. The van der Waals surface area contributed by atoms with Crippen LogP contribution in [0.25, 0.3) is 0 Å². The molecule has 2 aromatic carbocycles. The Labute approximate surface area is 200 Å². The summed E-state index contributed by atoms with van der Waals surface area (Å²) in [5, 5.41) is 18.3. The third-order valence-electron chi connectivity index (χ3n) is 6.89. The van der Waals surface area contributed by atoms with Gasteiger partial charge in [-0.05, 0) is 85.4 Å². The largest absolute Gasteiger partial charge is 0.396 e. The average molecular weight is 443 g/mol. The van der Waals surface area contributed by atoms with Gasteiger partial charge in [-0.15, -0.1) is 0 Å². The minimum absolute atomic E-state index is 0.0407. The van der Waals surface area contributed by atoms with Gasteiger partial charge in [-0.3, -0.25) is 0 Å². The van der Waals surface area contributed by atoms with Gasteiger partial charge in [-0.25, -0.2) is 0 Å². The maximum absolute atomic E-state index is 9.16.